The Labute approximate surface area is 135 Å². The SMILES string of the molecule is CCOc1ccc(S(=O)(=O)N(C)c2ccccc2C(N)=O)cc1. The van der Waals surface area contributed by atoms with Crippen molar-refractivity contribution < 1.29 is 17.9 Å². The molecule has 7 heteroatoms. The third kappa shape index (κ3) is 3.45. The summed E-state index contributed by atoms with van der Waals surface area (Å²) in [7, 11) is -2.43. The lowest BCUT2D eigenvalue weighted by molar-refractivity contribution is 0.100. The first-order valence-electron chi connectivity index (χ1n) is 6.98. The lowest BCUT2D eigenvalue weighted by Crippen LogP contribution is -2.29. The topological polar surface area (TPSA) is 89.7 Å². The minimum atomic E-state index is -3.81. The van der Waals surface area contributed by atoms with E-state index in [1.165, 1.54) is 31.3 Å². The van der Waals surface area contributed by atoms with Gasteiger partial charge in [-0.15, -0.1) is 0 Å². The van der Waals surface area contributed by atoms with Crippen molar-refractivity contribution in [2.75, 3.05) is 18.0 Å². The van der Waals surface area contributed by atoms with Gasteiger partial charge in [-0.2, -0.15) is 0 Å². The van der Waals surface area contributed by atoms with E-state index in [1.54, 1.807) is 24.3 Å². The first-order valence-corrected chi connectivity index (χ1v) is 8.42. The number of hydrogen-bond donors (Lipinski definition) is 1. The number of amides is 1. The van der Waals surface area contributed by atoms with E-state index in [-0.39, 0.29) is 16.1 Å². The maximum Gasteiger partial charge on any atom is 0.264 e. The fourth-order valence-electron chi connectivity index (χ4n) is 2.12. The van der Waals surface area contributed by atoms with Crippen molar-refractivity contribution in [2.45, 2.75) is 11.8 Å². The van der Waals surface area contributed by atoms with E-state index in [1.807, 2.05) is 6.92 Å². The summed E-state index contributed by atoms with van der Waals surface area (Å²) in [4.78, 5) is 11.6. The molecule has 0 saturated heterocycles. The quantitative estimate of drug-likeness (QED) is 0.875. The number of anilines is 1. The molecule has 0 aromatic heterocycles. The Morgan fingerprint density at radius 3 is 2.30 bits per heavy atom. The van der Waals surface area contributed by atoms with Crippen LogP contribution in [0.25, 0.3) is 0 Å². The number of carbonyl (C=O) groups excluding carboxylic acids is 1. The van der Waals surface area contributed by atoms with Crippen molar-refractivity contribution in [3.05, 3.63) is 54.1 Å². The number of para-hydroxylation sites is 1. The summed E-state index contributed by atoms with van der Waals surface area (Å²) in [5.41, 5.74) is 5.68. The third-order valence-corrected chi connectivity index (χ3v) is 5.09. The van der Waals surface area contributed by atoms with Gasteiger partial charge >= 0.3 is 0 Å². The predicted octanol–water partition coefficient (Wildman–Crippen LogP) is 2.01. The molecule has 0 unspecified atom stereocenters. The van der Waals surface area contributed by atoms with Gasteiger partial charge < -0.3 is 10.5 Å². The molecule has 122 valence electrons. The Morgan fingerprint density at radius 2 is 1.74 bits per heavy atom. The molecule has 0 radical (unpaired) electrons. The maximum absolute atomic E-state index is 12.7. The van der Waals surface area contributed by atoms with Gasteiger partial charge in [0, 0.05) is 7.05 Å². The van der Waals surface area contributed by atoms with Gasteiger partial charge in [0.15, 0.2) is 0 Å². The maximum atomic E-state index is 12.7. The zero-order valence-electron chi connectivity index (χ0n) is 12.9. The zero-order chi connectivity index (χ0) is 17.0. The van der Waals surface area contributed by atoms with Crippen LogP contribution in [0.3, 0.4) is 0 Å². The molecule has 0 spiro atoms. The van der Waals surface area contributed by atoms with Crippen LogP contribution in [0, 0.1) is 0 Å². The van der Waals surface area contributed by atoms with Gasteiger partial charge in [-0.25, -0.2) is 8.42 Å². The molecule has 0 aliphatic rings. The highest BCUT2D eigenvalue weighted by Crippen LogP contribution is 2.26. The molecule has 2 aromatic carbocycles. The number of carbonyl (C=O) groups is 1. The van der Waals surface area contributed by atoms with Crippen LogP contribution < -0.4 is 14.8 Å². The first kappa shape index (κ1) is 16.8. The van der Waals surface area contributed by atoms with Crippen molar-refractivity contribution in [3.63, 3.8) is 0 Å². The highest BCUT2D eigenvalue weighted by atomic mass is 32.2. The summed E-state index contributed by atoms with van der Waals surface area (Å²) in [6, 6.07) is 12.4. The average Bonchev–Trinajstić information content (AvgIpc) is 2.55. The molecule has 0 aliphatic carbocycles. The highest BCUT2D eigenvalue weighted by molar-refractivity contribution is 7.92. The number of sulfonamides is 1. The second-order valence-corrected chi connectivity index (χ2v) is 6.73. The molecule has 0 bridgehead atoms. The summed E-state index contributed by atoms with van der Waals surface area (Å²) in [5, 5.41) is 0. The van der Waals surface area contributed by atoms with Gasteiger partial charge in [0.05, 0.1) is 22.8 Å². The molecule has 0 aliphatic heterocycles. The lowest BCUT2D eigenvalue weighted by atomic mass is 10.2. The minimum Gasteiger partial charge on any atom is -0.494 e. The Balaban J connectivity index is 2.41. The van der Waals surface area contributed by atoms with E-state index in [9.17, 15) is 13.2 Å². The first-order chi connectivity index (χ1) is 10.9. The fourth-order valence-corrected chi connectivity index (χ4v) is 3.33. The summed E-state index contributed by atoms with van der Waals surface area (Å²) < 4.78 is 31.8. The Morgan fingerprint density at radius 1 is 1.13 bits per heavy atom. The van der Waals surface area contributed by atoms with Gasteiger partial charge in [-0.05, 0) is 43.3 Å². The van der Waals surface area contributed by atoms with Crippen LogP contribution in [-0.2, 0) is 10.0 Å². The van der Waals surface area contributed by atoms with Crippen molar-refractivity contribution in [1.29, 1.82) is 0 Å². The molecule has 0 saturated carbocycles. The standard InChI is InChI=1S/C16H18N2O4S/c1-3-22-12-8-10-13(11-9-12)23(20,21)18(2)15-7-5-4-6-14(15)16(17)19/h4-11H,3H2,1-2H3,(H2,17,19). The summed E-state index contributed by atoms with van der Waals surface area (Å²) in [5.74, 6) is -0.0963. The van der Waals surface area contributed by atoms with E-state index in [0.717, 1.165) is 4.31 Å². The zero-order valence-corrected chi connectivity index (χ0v) is 13.7. The minimum absolute atomic E-state index is 0.0997. The van der Waals surface area contributed by atoms with Crippen LogP contribution in [0.15, 0.2) is 53.4 Å². The van der Waals surface area contributed by atoms with Crippen LogP contribution in [0.5, 0.6) is 5.75 Å². The Bertz CT molecular complexity index is 801. The molecule has 1 amide bonds. The van der Waals surface area contributed by atoms with E-state index in [0.29, 0.717) is 12.4 Å². The fraction of sp³-hybridized carbons (Fsp3) is 0.188. The molecule has 2 N–H and O–H groups in total. The molecule has 2 rings (SSSR count). The molecule has 6 nitrogen and oxygen atoms in total. The smallest absolute Gasteiger partial charge is 0.264 e. The Kier molecular flexibility index (Phi) is 4.90. The van der Waals surface area contributed by atoms with E-state index >= 15 is 0 Å². The van der Waals surface area contributed by atoms with Crippen molar-refractivity contribution in [2.24, 2.45) is 5.73 Å². The van der Waals surface area contributed by atoms with Crippen LogP contribution in [0.4, 0.5) is 5.69 Å². The monoisotopic (exact) mass is 334 g/mol. The number of hydrogen-bond acceptors (Lipinski definition) is 4. The molecule has 0 fully saturated rings. The number of ether oxygens (including phenoxy) is 1. The van der Waals surface area contributed by atoms with Gasteiger partial charge in [0.1, 0.15) is 5.75 Å². The highest BCUT2D eigenvalue weighted by Gasteiger charge is 2.24. The van der Waals surface area contributed by atoms with Gasteiger partial charge in [-0.3, -0.25) is 9.10 Å². The molecule has 0 heterocycles. The summed E-state index contributed by atoms with van der Waals surface area (Å²) >= 11 is 0. The Hall–Kier alpha value is -2.54. The molecule has 23 heavy (non-hydrogen) atoms. The molecule has 0 atom stereocenters. The van der Waals surface area contributed by atoms with Crippen molar-refractivity contribution >= 4 is 21.6 Å². The van der Waals surface area contributed by atoms with Crippen LogP contribution in [0.2, 0.25) is 0 Å². The van der Waals surface area contributed by atoms with Crippen molar-refractivity contribution in [1.82, 2.24) is 0 Å². The third-order valence-electron chi connectivity index (χ3n) is 3.30. The van der Waals surface area contributed by atoms with Crippen LogP contribution >= 0.6 is 0 Å². The number of benzene rings is 2. The lowest BCUT2D eigenvalue weighted by Gasteiger charge is -2.21. The average molecular weight is 334 g/mol. The van der Waals surface area contributed by atoms with Gasteiger partial charge in [0.2, 0.25) is 0 Å². The second kappa shape index (κ2) is 6.70. The van der Waals surface area contributed by atoms with E-state index < -0.39 is 15.9 Å². The van der Waals surface area contributed by atoms with Crippen LogP contribution in [-0.4, -0.2) is 28.0 Å². The van der Waals surface area contributed by atoms with Crippen LogP contribution in [0.1, 0.15) is 17.3 Å². The normalized spacial score (nSPS) is 11.0. The number of primary amides is 1. The number of nitrogens with two attached hydrogens (primary N) is 1. The second-order valence-electron chi connectivity index (χ2n) is 4.76. The molecular weight excluding hydrogens is 316 g/mol. The largest absolute Gasteiger partial charge is 0.494 e. The molecule has 2 aromatic rings. The predicted molar refractivity (Wildman–Crippen MR) is 88.2 cm³/mol. The van der Waals surface area contributed by atoms with Gasteiger partial charge in [-0.1, -0.05) is 12.1 Å². The number of rotatable bonds is 6. The molecular formula is C16H18N2O4S. The number of nitrogens with zero attached hydrogens (tertiary/aromatic N) is 1. The van der Waals surface area contributed by atoms with E-state index in [4.69, 9.17) is 10.5 Å². The van der Waals surface area contributed by atoms with E-state index in [2.05, 4.69) is 0 Å². The van der Waals surface area contributed by atoms with Gasteiger partial charge in [0.25, 0.3) is 15.9 Å². The summed E-state index contributed by atoms with van der Waals surface area (Å²) in [6.07, 6.45) is 0. The summed E-state index contributed by atoms with van der Waals surface area (Å²) in [6.45, 7) is 2.34. The van der Waals surface area contributed by atoms with Crippen molar-refractivity contribution in [3.8, 4) is 5.75 Å².